The molecule has 2 aromatic rings. The van der Waals surface area contributed by atoms with Crippen LogP contribution in [-0.2, 0) is 6.42 Å². The van der Waals surface area contributed by atoms with Gasteiger partial charge in [0.2, 0.25) is 5.95 Å². The van der Waals surface area contributed by atoms with E-state index in [9.17, 15) is 5.26 Å². The molecule has 0 atom stereocenters. The van der Waals surface area contributed by atoms with Gasteiger partial charge >= 0.3 is 0 Å². The van der Waals surface area contributed by atoms with Gasteiger partial charge in [0, 0.05) is 30.8 Å². The van der Waals surface area contributed by atoms with Gasteiger partial charge in [0.25, 0.3) is 0 Å². The summed E-state index contributed by atoms with van der Waals surface area (Å²) in [6, 6.07) is 6.25. The zero-order valence-corrected chi connectivity index (χ0v) is 15.6. The van der Waals surface area contributed by atoms with Crippen LogP contribution in [0.25, 0.3) is 5.57 Å². The maximum atomic E-state index is 9.67. The third-order valence-electron chi connectivity index (χ3n) is 3.94. The fraction of sp³-hybridized carbons (Fsp3) is 0.263. The first-order chi connectivity index (χ1) is 12.7. The number of anilines is 1. The molecule has 0 radical (unpaired) electrons. The van der Waals surface area contributed by atoms with Crippen LogP contribution in [0.15, 0.2) is 46.9 Å². The Morgan fingerprint density at radius 3 is 2.96 bits per heavy atom. The summed E-state index contributed by atoms with van der Waals surface area (Å²) in [5, 5.41) is 19.1. The third kappa shape index (κ3) is 4.21. The summed E-state index contributed by atoms with van der Waals surface area (Å²) in [6.07, 6.45) is 7.09. The standard InChI is InChI=1S/C19H20N6S/c1-3-15-12-26-18(24-15)16(9-20)17-13(2)10-23-19(25-17)22-8-6-14-5-4-7-21-11-14/h4-5,7,10-12,24H,3,6,8H2,1-2H3,(H,22,23,25)/b18-16-. The number of allylic oxidation sites excluding steroid dienone is 2. The Morgan fingerprint density at radius 1 is 1.38 bits per heavy atom. The van der Waals surface area contributed by atoms with E-state index < -0.39 is 0 Å². The molecule has 26 heavy (non-hydrogen) atoms. The van der Waals surface area contributed by atoms with Gasteiger partial charge in [-0.2, -0.15) is 5.26 Å². The number of hydrogen-bond acceptors (Lipinski definition) is 7. The van der Waals surface area contributed by atoms with Crippen LogP contribution >= 0.6 is 11.8 Å². The average molecular weight is 364 g/mol. The van der Waals surface area contributed by atoms with Crippen molar-refractivity contribution in [3.05, 3.63) is 63.7 Å². The second kappa shape index (κ2) is 8.50. The minimum atomic E-state index is 0.523. The van der Waals surface area contributed by atoms with Crippen LogP contribution in [0.4, 0.5) is 5.95 Å². The fourth-order valence-corrected chi connectivity index (χ4v) is 3.42. The monoisotopic (exact) mass is 364 g/mol. The summed E-state index contributed by atoms with van der Waals surface area (Å²) in [5.41, 5.74) is 4.34. The highest BCUT2D eigenvalue weighted by Crippen LogP contribution is 2.32. The van der Waals surface area contributed by atoms with E-state index in [1.54, 1.807) is 12.4 Å². The number of thioether (sulfide) groups is 1. The third-order valence-corrected chi connectivity index (χ3v) is 4.89. The maximum Gasteiger partial charge on any atom is 0.223 e. The van der Waals surface area contributed by atoms with Crippen molar-refractivity contribution in [1.29, 1.82) is 5.26 Å². The Labute approximate surface area is 157 Å². The molecule has 0 aromatic carbocycles. The molecule has 0 fully saturated rings. The molecule has 2 N–H and O–H groups in total. The second-order valence-electron chi connectivity index (χ2n) is 5.82. The van der Waals surface area contributed by atoms with Crippen LogP contribution in [-0.4, -0.2) is 21.5 Å². The van der Waals surface area contributed by atoms with E-state index in [0.717, 1.165) is 34.7 Å². The summed E-state index contributed by atoms with van der Waals surface area (Å²) in [4.78, 5) is 13.0. The van der Waals surface area contributed by atoms with Crippen molar-refractivity contribution in [1.82, 2.24) is 20.3 Å². The summed E-state index contributed by atoms with van der Waals surface area (Å²) >= 11 is 1.53. The topological polar surface area (TPSA) is 86.5 Å². The number of nitrogens with zero attached hydrogens (tertiary/aromatic N) is 4. The Hall–Kier alpha value is -2.85. The smallest absolute Gasteiger partial charge is 0.223 e. The quantitative estimate of drug-likeness (QED) is 0.757. The molecule has 6 nitrogen and oxygen atoms in total. The fourth-order valence-electron chi connectivity index (χ4n) is 2.48. The minimum absolute atomic E-state index is 0.523. The van der Waals surface area contributed by atoms with Gasteiger partial charge in [-0.1, -0.05) is 24.8 Å². The molecule has 1 aliphatic rings. The van der Waals surface area contributed by atoms with Crippen LogP contribution in [0.5, 0.6) is 0 Å². The molecule has 0 spiro atoms. The van der Waals surface area contributed by atoms with Crippen molar-refractivity contribution >= 4 is 23.3 Å². The number of nitriles is 1. The maximum absolute atomic E-state index is 9.67. The number of aromatic nitrogens is 3. The first-order valence-corrected chi connectivity index (χ1v) is 9.33. The van der Waals surface area contributed by atoms with Gasteiger partial charge in [-0.15, -0.1) is 0 Å². The lowest BCUT2D eigenvalue weighted by Gasteiger charge is -2.10. The second-order valence-corrected chi connectivity index (χ2v) is 6.70. The van der Waals surface area contributed by atoms with Gasteiger partial charge in [0.1, 0.15) is 11.6 Å². The Balaban J connectivity index is 1.75. The predicted molar refractivity (Wildman–Crippen MR) is 105 cm³/mol. The lowest BCUT2D eigenvalue weighted by Crippen LogP contribution is -2.11. The Morgan fingerprint density at radius 2 is 2.27 bits per heavy atom. The minimum Gasteiger partial charge on any atom is -0.354 e. The van der Waals surface area contributed by atoms with Gasteiger partial charge < -0.3 is 10.6 Å². The molecule has 0 bridgehead atoms. The van der Waals surface area contributed by atoms with Crippen molar-refractivity contribution in [3.8, 4) is 6.07 Å². The van der Waals surface area contributed by atoms with Gasteiger partial charge in [-0.3, -0.25) is 4.98 Å². The summed E-state index contributed by atoms with van der Waals surface area (Å²) in [6.45, 7) is 4.69. The van der Waals surface area contributed by atoms with Gasteiger partial charge in [-0.05, 0) is 42.4 Å². The number of rotatable bonds is 6. The molecular formula is C19H20N6S. The molecule has 0 saturated carbocycles. The van der Waals surface area contributed by atoms with Crippen molar-refractivity contribution in [2.45, 2.75) is 26.7 Å². The van der Waals surface area contributed by atoms with E-state index in [1.807, 2.05) is 30.7 Å². The van der Waals surface area contributed by atoms with Crippen LogP contribution in [0, 0.1) is 18.3 Å². The first kappa shape index (κ1) is 18.0. The molecule has 0 unspecified atom stereocenters. The molecule has 3 rings (SSSR count). The highest BCUT2D eigenvalue weighted by molar-refractivity contribution is 8.06. The SMILES string of the molecule is CCC1=CS/C(=C(/C#N)c2nc(NCCc3cccnc3)ncc2C)N1. The van der Waals surface area contributed by atoms with E-state index in [-0.39, 0.29) is 0 Å². The summed E-state index contributed by atoms with van der Waals surface area (Å²) in [5.74, 6) is 0.523. The Kier molecular flexibility index (Phi) is 5.87. The van der Waals surface area contributed by atoms with Crippen LogP contribution in [0.2, 0.25) is 0 Å². The Bertz CT molecular complexity index is 883. The number of aryl methyl sites for hydroxylation is 1. The predicted octanol–water partition coefficient (Wildman–Crippen LogP) is 3.61. The molecule has 2 aromatic heterocycles. The van der Waals surface area contributed by atoms with E-state index >= 15 is 0 Å². The molecule has 0 amide bonds. The van der Waals surface area contributed by atoms with Crippen molar-refractivity contribution < 1.29 is 0 Å². The van der Waals surface area contributed by atoms with Gasteiger partial charge in [-0.25, -0.2) is 9.97 Å². The van der Waals surface area contributed by atoms with Crippen molar-refractivity contribution in [2.75, 3.05) is 11.9 Å². The van der Waals surface area contributed by atoms with E-state index in [4.69, 9.17) is 0 Å². The summed E-state index contributed by atoms with van der Waals surface area (Å²) < 4.78 is 0. The summed E-state index contributed by atoms with van der Waals surface area (Å²) in [7, 11) is 0. The molecule has 132 valence electrons. The number of hydrogen-bond donors (Lipinski definition) is 2. The highest BCUT2D eigenvalue weighted by atomic mass is 32.2. The zero-order valence-electron chi connectivity index (χ0n) is 14.8. The molecule has 3 heterocycles. The zero-order chi connectivity index (χ0) is 18.4. The molecule has 0 aliphatic carbocycles. The van der Waals surface area contributed by atoms with Crippen molar-refractivity contribution in [3.63, 3.8) is 0 Å². The van der Waals surface area contributed by atoms with E-state index in [0.29, 0.717) is 23.8 Å². The number of nitrogens with one attached hydrogen (secondary N) is 2. The van der Waals surface area contributed by atoms with Gasteiger partial charge in [0.05, 0.1) is 10.7 Å². The van der Waals surface area contributed by atoms with Crippen LogP contribution < -0.4 is 10.6 Å². The van der Waals surface area contributed by atoms with Gasteiger partial charge in [0.15, 0.2) is 0 Å². The molecular weight excluding hydrogens is 344 g/mol. The lowest BCUT2D eigenvalue weighted by atomic mass is 10.1. The number of pyridine rings is 1. The van der Waals surface area contributed by atoms with Crippen LogP contribution in [0.3, 0.4) is 0 Å². The molecule has 7 heteroatoms. The lowest BCUT2D eigenvalue weighted by molar-refractivity contribution is 0.948. The van der Waals surface area contributed by atoms with E-state index in [2.05, 4.69) is 38.6 Å². The van der Waals surface area contributed by atoms with E-state index in [1.165, 1.54) is 11.8 Å². The molecule has 0 saturated heterocycles. The largest absolute Gasteiger partial charge is 0.354 e. The normalized spacial score (nSPS) is 15.0. The average Bonchev–Trinajstić information content (AvgIpc) is 3.14. The molecule has 1 aliphatic heterocycles. The highest BCUT2D eigenvalue weighted by Gasteiger charge is 2.18. The van der Waals surface area contributed by atoms with Crippen molar-refractivity contribution in [2.24, 2.45) is 0 Å². The van der Waals surface area contributed by atoms with Crippen LogP contribution in [0.1, 0.15) is 30.2 Å². The first-order valence-electron chi connectivity index (χ1n) is 8.45.